The van der Waals surface area contributed by atoms with Crippen LogP contribution in [-0.4, -0.2) is 70.2 Å². The van der Waals surface area contributed by atoms with Crippen LogP contribution < -0.4 is 14.8 Å². The Labute approximate surface area is 210 Å². The van der Waals surface area contributed by atoms with Gasteiger partial charge in [0.15, 0.2) is 6.10 Å². The van der Waals surface area contributed by atoms with Crippen LogP contribution in [0, 0.1) is 0 Å². The SMILES string of the molecule is COc1ccc(O[C@@H]2O[C@H](CO)[C@H](O)[C@H](OC(=O)c3ccccc3)[C@H]2NC(=O)C(Cl)(Cl)Cl)cc1. The summed E-state index contributed by atoms with van der Waals surface area (Å²) in [5.74, 6) is -0.999. The van der Waals surface area contributed by atoms with Crippen molar-refractivity contribution in [2.24, 2.45) is 0 Å². The summed E-state index contributed by atoms with van der Waals surface area (Å²) in [5.41, 5.74) is 0.195. The Hall–Kier alpha value is -2.27. The van der Waals surface area contributed by atoms with Crippen LogP contribution in [-0.2, 0) is 14.3 Å². The normalized spacial score (nSPS) is 24.7. The Kier molecular flexibility index (Phi) is 8.86. The van der Waals surface area contributed by atoms with Crippen LogP contribution in [0.2, 0.25) is 0 Å². The standard InChI is InChI=1S/C22H22Cl3NO8/c1-31-13-7-9-14(10-8-13)32-20-16(26-21(30)22(23,24)25)18(17(28)15(11-27)33-20)34-19(29)12-5-3-2-4-6-12/h2-10,15-18,20,27-28H,11H2,1H3,(H,26,30)/t15-,16-,17+,18-,20-/m1/s1. The molecule has 2 aromatic carbocycles. The minimum Gasteiger partial charge on any atom is -0.497 e. The van der Waals surface area contributed by atoms with Crippen molar-refractivity contribution in [3.05, 3.63) is 60.2 Å². The number of carbonyl (C=O) groups is 2. The van der Waals surface area contributed by atoms with Gasteiger partial charge in [0.05, 0.1) is 19.3 Å². The number of rotatable bonds is 7. The molecule has 1 aliphatic rings. The van der Waals surface area contributed by atoms with E-state index in [0.717, 1.165) is 0 Å². The number of aliphatic hydroxyl groups is 2. The topological polar surface area (TPSA) is 124 Å². The summed E-state index contributed by atoms with van der Waals surface area (Å²) in [6.45, 7) is -0.631. The number of aliphatic hydroxyl groups excluding tert-OH is 2. The molecule has 1 saturated heterocycles. The number of carbonyl (C=O) groups excluding carboxylic acids is 2. The van der Waals surface area contributed by atoms with E-state index in [0.29, 0.717) is 11.5 Å². The molecule has 0 saturated carbocycles. The summed E-state index contributed by atoms with van der Waals surface area (Å²) in [7, 11) is 1.50. The van der Waals surface area contributed by atoms with Crippen LogP contribution in [0.15, 0.2) is 54.6 Å². The number of ether oxygens (including phenoxy) is 4. The van der Waals surface area contributed by atoms with E-state index in [-0.39, 0.29) is 5.56 Å². The smallest absolute Gasteiger partial charge is 0.338 e. The number of alkyl halides is 3. The van der Waals surface area contributed by atoms with Gasteiger partial charge in [0.25, 0.3) is 9.70 Å². The molecule has 12 heteroatoms. The maximum Gasteiger partial charge on any atom is 0.338 e. The van der Waals surface area contributed by atoms with E-state index in [1.807, 2.05) is 0 Å². The summed E-state index contributed by atoms with van der Waals surface area (Å²) in [5, 5.41) is 22.9. The van der Waals surface area contributed by atoms with Gasteiger partial charge in [-0.3, -0.25) is 4.79 Å². The lowest BCUT2D eigenvalue weighted by atomic mass is 9.96. The fourth-order valence-corrected chi connectivity index (χ4v) is 3.41. The van der Waals surface area contributed by atoms with Crippen LogP contribution in [0.5, 0.6) is 11.5 Å². The summed E-state index contributed by atoms with van der Waals surface area (Å²) >= 11 is 17.1. The van der Waals surface area contributed by atoms with Crippen molar-refractivity contribution >= 4 is 46.7 Å². The van der Waals surface area contributed by atoms with E-state index in [2.05, 4.69) is 5.32 Å². The Morgan fingerprint density at radius 1 is 1.06 bits per heavy atom. The third-order valence-electron chi connectivity index (χ3n) is 4.97. The molecule has 1 fully saturated rings. The van der Waals surface area contributed by atoms with Gasteiger partial charge < -0.3 is 34.5 Å². The van der Waals surface area contributed by atoms with Crippen LogP contribution >= 0.6 is 34.8 Å². The van der Waals surface area contributed by atoms with E-state index in [9.17, 15) is 19.8 Å². The monoisotopic (exact) mass is 533 g/mol. The van der Waals surface area contributed by atoms with E-state index in [1.54, 1.807) is 42.5 Å². The summed E-state index contributed by atoms with van der Waals surface area (Å²) in [4.78, 5) is 25.2. The lowest BCUT2D eigenvalue weighted by Crippen LogP contribution is -2.67. The van der Waals surface area contributed by atoms with Gasteiger partial charge in [-0.1, -0.05) is 53.0 Å². The second-order valence-corrected chi connectivity index (χ2v) is 9.52. The van der Waals surface area contributed by atoms with Gasteiger partial charge in [-0.2, -0.15) is 0 Å². The zero-order valence-electron chi connectivity index (χ0n) is 17.8. The Morgan fingerprint density at radius 3 is 2.24 bits per heavy atom. The molecule has 1 aliphatic heterocycles. The molecule has 0 aliphatic carbocycles. The van der Waals surface area contributed by atoms with Gasteiger partial charge in [0, 0.05) is 0 Å². The van der Waals surface area contributed by atoms with Gasteiger partial charge in [0.1, 0.15) is 29.7 Å². The van der Waals surface area contributed by atoms with Crippen LogP contribution in [0.25, 0.3) is 0 Å². The maximum absolute atomic E-state index is 12.7. The number of amides is 1. The molecule has 0 bridgehead atoms. The fourth-order valence-electron chi connectivity index (χ4n) is 3.25. The molecule has 3 rings (SSSR count). The van der Waals surface area contributed by atoms with Crippen LogP contribution in [0.4, 0.5) is 0 Å². The molecule has 0 aromatic heterocycles. The van der Waals surface area contributed by atoms with Gasteiger partial charge in [-0.15, -0.1) is 0 Å². The quantitative estimate of drug-likeness (QED) is 0.365. The molecule has 0 unspecified atom stereocenters. The molecule has 5 atom stereocenters. The molecule has 0 radical (unpaired) electrons. The molecule has 3 N–H and O–H groups in total. The molecular formula is C22H22Cl3NO8. The van der Waals surface area contributed by atoms with Gasteiger partial charge >= 0.3 is 5.97 Å². The van der Waals surface area contributed by atoms with Gasteiger partial charge in [-0.05, 0) is 36.4 Å². The molecule has 0 spiro atoms. The number of esters is 1. The molecular weight excluding hydrogens is 513 g/mol. The summed E-state index contributed by atoms with van der Waals surface area (Å²) in [6, 6.07) is 13.1. The second kappa shape index (κ2) is 11.4. The zero-order valence-corrected chi connectivity index (χ0v) is 20.0. The van der Waals surface area contributed by atoms with Crippen molar-refractivity contribution in [1.82, 2.24) is 5.32 Å². The van der Waals surface area contributed by atoms with Crippen molar-refractivity contribution in [3.63, 3.8) is 0 Å². The lowest BCUT2D eigenvalue weighted by Gasteiger charge is -2.43. The van der Waals surface area contributed by atoms with Crippen molar-refractivity contribution in [1.29, 1.82) is 0 Å². The number of hydrogen-bond acceptors (Lipinski definition) is 8. The zero-order chi connectivity index (χ0) is 24.9. The van der Waals surface area contributed by atoms with Crippen molar-refractivity contribution in [3.8, 4) is 11.5 Å². The number of nitrogens with one attached hydrogen (secondary N) is 1. The summed E-state index contributed by atoms with van der Waals surface area (Å²) in [6.07, 6.45) is -5.54. The van der Waals surface area contributed by atoms with Crippen LogP contribution in [0.3, 0.4) is 0 Å². The first-order valence-corrected chi connectivity index (χ1v) is 11.2. The largest absolute Gasteiger partial charge is 0.497 e. The van der Waals surface area contributed by atoms with Gasteiger partial charge in [-0.25, -0.2) is 4.79 Å². The highest BCUT2D eigenvalue weighted by atomic mass is 35.6. The number of benzene rings is 2. The number of hydrogen-bond donors (Lipinski definition) is 3. The molecule has 34 heavy (non-hydrogen) atoms. The van der Waals surface area contributed by atoms with E-state index >= 15 is 0 Å². The highest BCUT2D eigenvalue weighted by Gasteiger charge is 2.50. The molecule has 1 heterocycles. The summed E-state index contributed by atoms with van der Waals surface area (Å²) < 4.78 is 19.8. The fraction of sp³-hybridized carbons (Fsp3) is 0.364. The van der Waals surface area contributed by atoms with E-state index < -0.39 is 52.9 Å². The molecule has 9 nitrogen and oxygen atoms in total. The highest BCUT2D eigenvalue weighted by Crippen LogP contribution is 2.31. The first kappa shape index (κ1) is 26.3. The minimum atomic E-state index is -2.36. The Morgan fingerprint density at radius 2 is 1.68 bits per heavy atom. The Bertz CT molecular complexity index is 970. The number of methoxy groups -OCH3 is 1. The van der Waals surface area contributed by atoms with Crippen molar-refractivity contribution in [2.45, 2.75) is 34.4 Å². The predicted molar refractivity (Wildman–Crippen MR) is 123 cm³/mol. The maximum atomic E-state index is 12.7. The highest BCUT2D eigenvalue weighted by molar-refractivity contribution is 6.76. The molecule has 184 valence electrons. The third-order valence-corrected chi connectivity index (χ3v) is 5.49. The first-order valence-electron chi connectivity index (χ1n) is 10.0. The lowest BCUT2D eigenvalue weighted by molar-refractivity contribution is -0.244. The van der Waals surface area contributed by atoms with Crippen LogP contribution in [0.1, 0.15) is 10.4 Å². The van der Waals surface area contributed by atoms with Gasteiger partial charge in [0.2, 0.25) is 6.29 Å². The van der Waals surface area contributed by atoms with Crippen molar-refractivity contribution < 1.29 is 38.7 Å². The minimum absolute atomic E-state index is 0.195. The number of halogens is 3. The molecule has 2 aromatic rings. The van der Waals surface area contributed by atoms with E-state index in [1.165, 1.54) is 19.2 Å². The van der Waals surface area contributed by atoms with E-state index in [4.69, 9.17) is 53.8 Å². The van der Waals surface area contributed by atoms with Crippen molar-refractivity contribution in [2.75, 3.05) is 13.7 Å². The Balaban J connectivity index is 1.93. The predicted octanol–water partition coefficient (Wildman–Crippen LogP) is 2.23. The first-order chi connectivity index (χ1) is 16.1. The average molecular weight is 535 g/mol. The molecule has 1 amide bonds. The average Bonchev–Trinajstić information content (AvgIpc) is 2.83. The third kappa shape index (κ3) is 6.44. The second-order valence-electron chi connectivity index (χ2n) is 7.24.